The Kier molecular flexibility index (Phi) is 4.71. The SMILES string of the molecule is C=CC1=C(N=CC(C)Br)C(=O)c2ccc(C)cc2CC1. The first-order valence-electron chi connectivity index (χ1n) is 6.71. The number of benzene rings is 1. The van der Waals surface area contributed by atoms with E-state index in [1.54, 1.807) is 12.3 Å². The summed E-state index contributed by atoms with van der Waals surface area (Å²) in [5.74, 6) is -0.00296. The van der Waals surface area contributed by atoms with Gasteiger partial charge in [-0.1, -0.05) is 52.3 Å². The number of carbonyl (C=O) groups is 1. The third-order valence-electron chi connectivity index (χ3n) is 3.34. The number of carbonyl (C=O) groups excluding carboxylic acids is 1. The minimum absolute atomic E-state index is 0.00296. The predicted molar refractivity (Wildman–Crippen MR) is 87.9 cm³/mol. The van der Waals surface area contributed by atoms with Crippen LogP contribution >= 0.6 is 15.9 Å². The molecule has 0 aliphatic heterocycles. The molecule has 0 saturated carbocycles. The van der Waals surface area contributed by atoms with Gasteiger partial charge in [-0.05, 0) is 37.8 Å². The molecule has 0 radical (unpaired) electrons. The van der Waals surface area contributed by atoms with Crippen molar-refractivity contribution in [2.24, 2.45) is 4.99 Å². The van der Waals surface area contributed by atoms with Crippen molar-refractivity contribution in [3.8, 4) is 0 Å². The normalized spacial score (nSPS) is 17.1. The molecular formula is C17H18BrNO. The van der Waals surface area contributed by atoms with E-state index in [1.807, 2.05) is 26.0 Å². The number of Topliss-reactive ketones (excluding diaryl/α,β-unsaturated/α-hetero) is 1. The number of halogens is 1. The number of ketones is 1. The fraction of sp³-hybridized carbons (Fsp3) is 0.294. The Morgan fingerprint density at radius 2 is 2.15 bits per heavy atom. The lowest BCUT2D eigenvalue weighted by atomic mass is 9.99. The molecule has 1 aromatic carbocycles. The van der Waals surface area contributed by atoms with Gasteiger partial charge in [-0.15, -0.1) is 0 Å². The summed E-state index contributed by atoms with van der Waals surface area (Å²) in [5, 5.41) is 0. The number of fused-ring (bicyclic) bond motifs is 1. The lowest BCUT2D eigenvalue weighted by Gasteiger charge is -2.06. The Morgan fingerprint density at radius 1 is 1.40 bits per heavy atom. The van der Waals surface area contributed by atoms with Crippen molar-refractivity contribution in [2.75, 3.05) is 0 Å². The molecule has 0 spiro atoms. The lowest BCUT2D eigenvalue weighted by molar-refractivity contribution is 0.103. The molecule has 1 unspecified atom stereocenters. The fourth-order valence-electron chi connectivity index (χ4n) is 2.33. The number of nitrogens with zero attached hydrogens (tertiary/aromatic N) is 1. The zero-order chi connectivity index (χ0) is 14.7. The number of allylic oxidation sites excluding steroid dienone is 3. The van der Waals surface area contributed by atoms with Gasteiger partial charge in [-0.25, -0.2) is 0 Å². The zero-order valence-corrected chi connectivity index (χ0v) is 13.4. The molecule has 0 heterocycles. The molecule has 20 heavy (non-hydrogen) atoms. The van der Waals surface area contributed by atoms with Crippen LogP contribution < -0.4 is 0 Å². The first kappa shape index (κ1) is 14.9. The van der Waals surface area contributed by atoms with E-state index in [0.717, 1.165) is 29.5 Å². The summed E-state index contributed by atoms with van der Waals surface area (Å²) in [7, 11) is 0. The minimum atomic E-state index is -0.00296. The maximum absolute atomic E-state index is 12.7. The highest BCUT2D eigenvalue weighted by Crippen LogP contribution is 2.27. The summed E-state index contributed by atoms with van der Waals surface area (Å²) in [6, 6.07) is 5.98. The highest BCUT2D eigenvalue weighted by atomic mass is 79.9. The molecule has 2 nitrogen and oxygen atoms in total. The van der Waals surface area contributed by atoms with Gasteiger partial charge in [-0.2, -0.15) is 0 Å². The number of aryl methyl sites for hydroxylation is 2. The zero-order valence-electron chi connectivity index (χ0n) is 11.8. The van der Waals surface area contributed by atoms with Gasteiger partial charge in [-0.3, -0.25) is 9.79 Å². The molecule has 1 aliphatic rings. The number of alkyl halides is 1. The molecule has 0 amide bonds. The van der Waals surface area contributed by atoms with Gasteiger partial charge >= 0.3 is 0 Å². The van der Waals surface area contributed by atoms with Crippen LogP contribution in [0.2, 0.25) is 0 Å². The minimum Gasteiger partial charge on any atom is -0.287 e. The average Bonchev–Trinajstić information content (AvgIpc) is 2.53. The van der Waals surface area contributed by atoms with E-state index in [-0.39, 0.29) is 10.6 Å². The summed E-state index contributed by atoms with van der Waals surface area (Å²) in [6.07, 6.45) is 5.15. The summed E-state index contributed by atoms with van der Waals surface area (Å²) in [5.41, 5.74) is 4.49. The molecule has 0 fully saturated rings. The third-order valence-corrected chi connectivity index (χ3v) is 3.58. The number of hydrogen-bond donors (Lipinski definition) is 0. The Labute approximate surface area is 128 Å². The van der Waals surface area contributed by atoms with Crippen LogP contribution in [0.5, 0.6) is 0 Å². The van der Waals surface area contributed by atoms with Crippen LogP contribution in [0.1, 0.15) is 34.8 Å². The maximum Gasteiger partial charge on any atom is 0.211 e. The quantitative estimate of drug-likeness (QED) is 0.595. The van der Waals surface area contributed by atoms with Gasteiger partial charge in [0.05, 0.1) is 0 Å². The van der Waals surface area contributed by atoms with Gasteiger partial charge in [0.1, 0.15) is 5.70 Å². The van der Waals surface area contributed by atoms with Gasteiger partial charge in [0, 0.05) is 16.6 Å². The molecule has 0 bridgehead atoms. The predicted octanol–water partition coefficient (Wildman–Crippen LogP) is 4.42. The van der Waals surface area contributed by atoms with Crippen LogP contribution in [0.3, 0.4) is 0 Å². The maximum atomic E-state index is 12.7. The van der Waals surface area contributed by atoms with Crippen molar-refractivity contribution in [3.63, 3.8) is 0 Å². The molecule has 1 atom stereocenters. The summed E-state index contributed by atoms with van der Waals surface area (Å²) in [4.78, 5) is 17.2. The van der Waals surface area contributed by atoms with Crippen molar-refractivity contribution in [2.45, 2.75) is 31.5 Å². The molecule has 0 aromatic heterocycles. The van der Waals surface area contributed by atoms with Gasteiger partial charge in [0.15, 0.2) is 0 Å². The lowest BCUT2D eigenvalue weighted by Crippen LogP contribution is -2.06. The second kappa shape index (κ2) is 6.31. The van der Waals surface area contributed by atoms with Crippen LogP contribution in [-0.2, 0) is 6.42 Å². The summed E-state index contributed by atoms with van der Waals surface area (Å²) in [6.45, 7) is 7.84. The third kappa shape index (κ3) is 3.15. The molecule has 0 saturated heterocycles. The van der Waals surface area contributed by atoms with Crippen molar-refractivity contribution < 1.29 is 4.79 Å². The highest BCUT2D eigenvalue weighted by Gasteiger charge is 2.22. The molecular weight excluding hydrogens is 314 g/mol. The Hall–Kier alpha value is -1.48. The van der Waals surface area contributed by atoms with Gasteiger partial charge in [0.2, 0.25) is 5.78 Å². The van der Waals surface area contributed by atoms with Gasteiger partial charge < -0.3 is 0 Å². The molecule has 1 aliphatic carbocycles. The van der Waals surface area contributed by atoms with E-state index in [0.29, 0.717) is 5.70 Å². The van der Waals surface area contributed by atoms with Crippen molar-refractivity contribution >= 4 is 27.9 Å². The standard InChI is InChI=1S/C17H18BrNO/c1-4-13-6-7-14-9-11(2)5-8-15(14)17(20)16(13)19-10-12(3)18/h4-5,8-10,12H,1,6-7H2,2-3H3. The van der Waals surface area contributed by atoms with E-state index in [2.05, 4.69) is 33.6 Å². The van der Waals surface area contributed by atoms with Crippen molar-refractivity contribution in [1.82, 2.24) is 0 Å². The topological polar surface area (TPSA) is 29.4 Å². The summed E-state index contributed by atoms with van der Waals surface area (Å²) >= 11 is 3.41. The van der Waals surface area contributed by atoms with Crippen LogP contribution in [0.25, 0.3) is 0 Å². The Bertz CT molecular complexity index is 611. The fourth-order valence-corrected chi connectivity index (χ4v) is 2.45. The Balaban J connectivity index is 2.51. The molecule has 2 rings (SSSR count). The van der Waals surface area contributed by atoms with Crippen molar-refractivity contribution in [3.05, 3.63) is 58.8 Å². The highest BCUT2D eigenvalue weighted by molar-refractivity contribution is 9.09. The largest absolute Gasteiger partial charge is 0.287 e. The molecule has 3 heteroatoms. The van der Waals surface area contributed by atoms with Gasteiger partial charge in [0.25, 0.3) is 0 Å². The van der Waals surface area contributed by atoms with Crippen LogP contribution in [0, 0.1) is 6.92 Å². The molecule has 1 aromatic rings. The number of aliphatic imine (C=N–C) groups is 1. The smallest absolute Gasteiger partial charge is 0.211 e. The molecule has 0 N–H and O–H groups in total. The molecule has 104 valence electrons. The average molecular weight is 332 g/mol. The summed E-state index contributed by atoms with van der Waals surface area (Å²) < 4.78 is 0. The number of hydrogen-bond acceptors (Lipinski definition) is 2. The second-order valence-corrected chi connectivity index (χ2v) is 6.47. The second-order valence-electron chi connectivity index (χ2n) is 5.02. The van der Waals surface area contributed by atoms with Crippen LogP contribution in [-0.4, -0.2) is 16.8 Å². The first-order valence-corrected chi connectivity index (χ1v) is 7.62. The Morgan fingerprint density at radius 3 is 2.80 bits per heavy atom. The van der Waals surface area contributed by atoms with Crippen molar-refractivity contribution in [1.29, 1.82) is 0 Å². The number of rotatable bonds is 3. The first-order chi connectivity index (χ1) is 9.52. The van der Waals surface area contributed by atoms with E-state index >= 15 is 0 Å². The van der Waals surface area contributed by atoms with E-state index in [1.165, 1.54) is 5.56 Å². The monoisotopic (exact) mass is 331 g/mol. The van der Waals surface area contributed by atoms with E-state index < -0.39 is 0 Å². The van der Waals surface area contributed by atoms with E-state index in [9.17, 15) is 4.79 Å². The van der Waals surface area contributed by atoms with Crippen LogP contribution in [0.15, 0.2) is 47.1 Å². The van der Waals surface area contributed by atoms with Crippen LogP contribution in [0.4, 0.5) is 0 Å². The van der Waals surface area contributed by atoms with E-state index in [4.69, 9.17) is 0 Å².